The van der Waals surface area contributed by atoms with Crippen molar-refractivity contribution >= 4 is 10.4 Å². The Morgan fingerprint density at radius 3 is 2.40 bits per heavy atom. The van der Waals surface area contributed by atoms with Crippen LogP contribution in [-0.4, -0.2) is 14.7 Å². The Hall–Kier alpha value is -0.130. The van der Waals surface area contributed by atoms with E-state index < -0.39 is 16.7 Å². The van der Waals surface area contributed by atoms with Crippen molar-refractivity contribution in [1.29, 1.82) is 0 Å². The van der Waals surface area contributed by atoms with Crippen molar-refractivity contribution in [2.45, 2.75) is 32.5 Å². The highest BCUT2D eigenvalue weighted by Crippen LogP contribution is 2.22. The van der Waals surface area contributed by atoms with Gasteiger partial charge in [0.15, 0.2) is 6.29 Å². The quantitative estimate of drug-likeness (QED) is 0.622. The highest BCUT2D eigenvalue weighted by molar-refractivity contribution is 7.82. The maximum atomic E-state index is 10.2. The molecule has 0 aromatic heterocycles. The first-order valence-corrected chi connectivity index (χ1v) is 4.59. The van der Waals surface area contributed by atoms with Gasteiger partial charge in [-0.3, -0.25) is 0 Å². The van der Waals surface area contributed by atoms with Gasteiger partial charge in [0.05, 0.1) is 0 Å². The van der Waals surface area contributed by atoms with Gasteiger partial charge >= 0.3 is 10.4 Å². The van der Waals surface area contributed by atoms with Crippen LogP contribution in [0.2, 0.25) is 0 Å². The van der Waals surface area contributed by atoms with Gasteiger partial charge in [-0.25, -0.2) is 8.37 Å². The van der Waals surface area contributed by atoms with Crippen molar-refractivity contribution < 1.29 is 16.8 Å². The van der Waals surface area contributed by atoms with Crippen LogP contribution in [0.4, 0.5) is 0 Å². The summed E-state index contributed by atoms with van der Waals surface area (Å²) in [5.74, 6) is 0. The normalized spacial score (nSPS) is 24.1. The molecule has 1 heterocycles. The SMILES string of the molecule is CCCCC1OS(=O)(=O)O1. The lowest BCUT2D eigenvalue weighted by molar-refractivity contribution is -0.0840. The third-order valence-electron chi connectivity index (χ3n) is 1.24. The zero-order valence-corrected chi connectivity index (χ0v) is 6.56. The molecule has 0 atom stereocenters. The molecule has 60 valence electrons. The number of unbranched alkanes of at least 4 members (excludes halogenated alkanes) is 1. The van der Waals surface area contributed by atoms with E-state index in [-0.39, 0.29) is 0 Å². The summed E-state index contributed by atoms with van der Waals surface area (Å²) in [6.07, 6.45) is 2.10. The van der Waals surface area contributed by atoms with Crippen molar-refractivity contribution in [2.75, 3.05) is 0 Å². The van der Waals surface area contributed by atoms with E-state index in [1.807, 2.05) is 6.92 Å². The lowest BCUT2D eigenvalue weighted by Gasteiger charge is -2.24. The van der Waals surface area contributed by atoms with Crippen LogP contribution in [0, 0.1) is 0 Å². The molecule has 0 amide bonds. The summed E-state index contributed by atoms with van der Waals surface area (Å²) in [5, 5.41) is 0. The first kappa shape index (κ1) is 7.97. The molecule has 1 aliphatic rings. The van der Waals surface area contributed by atoms with Crippen LogP contribution < -0.4 is 0 Å². The molecule has 0 aromatic rings. The van der Waals surface area contributed by atoms with Gasteiger partial charge in [-0.15, -0.1) is 0 Å². The average Bonchev–Trinajstić information content (AvgIpc) is 1.78. The zero-order valence-electron chi connectivity index (χ0n) is 5.74. The minimum absolute atomic E-state index is 0.509. The van der Waals surface area contributed by atoms with Crippen LogP contribution in [0.15, 0.2) is 0 Å². The smallest absolute Gasteiger partial charge is 0.215 e. The van der Waals surface area contributed by atoms with E-state index in [9.17, 15) is 8.42 Å². The fourth-order valence-corrected chi connectivity index (χ4v) is 1.47. The lowest BCUT2D eigenvalue weighted by atomic mass is 10.2. The molecule has 1 fully saturated rings. The summed E-state index contributed by atoms with van der Waals surface area (Å²) in [5.41, 5.74) is 0. The molecule has 0 bridgehead atoms. The second-order valence-corrected chi connectivity index (χ2v) is 3.37. The number of hydrogen-bond acceptors (Lipinski definition) is 4. The Balaban J connectivity index is 2.15. The van der Waals surface area contributed by atoms with Crippen LogP contribution in [0.5, 0.6) is 0 Å². The van der Waals surface area contributed by atoms with Crippen LogP contribution >= 0.6 is 0 Å². The van der Waals surface area contributed by atoms with Gasteiger partial charge in [0.2, 0.25) is 0 Å². The average molecular weight is 166 g/mol. The molecule has 5 heteroatoms. The van der Waals surface area contributed by atoms with Gasteiger partial charge < -0.3 is 0 Å². The molecule has 0 saturated carbocycles. The summed E-state index contributed by atoms with van der Waals surface area (Å²) in [4.78, 5) is 0. The van der Waals surface area contributed by atoms with Gasteiger partial charge in [0.1, 0.15) is 0 Å². The minimum Gasteiger partial charge on any atom is -0.215 e. The van der Waals surface area contributed by atoms with Gasteiger partial charge in [-0.05, 0) is 6.42 Å². The Labute approximate surface area is 60.5 Å². The van der Waals surface area contributed by atoms with Crippen LogP contribution in [0.25, 0.3) is 0 Å². The molecule has 4 nitrogen and oxygen atoms in total. The summed E-state index contributed by atoms with van der Waals surface area (Å²) in [6.45, 7) is 2.02. The highest BCUT2D eigenvalue weighted by Gasteiger charge is 2.35. The van der Waals surface area contributed by atoms with Gasteiger partial charge in [0, 0.05) is 6.42 Å². The summed E-state index contributed by atoms with van der Waals surface area (Å²) >= 11 is 0. The molecule has 10 heavy (non-hydrogen) atoms. The number of rotatable bonds is 3. The van der Waals surface area contributed by atoms with E-state index in [1.165, 1.54) is 0 Å². The molecule has 0 spiro atoms. The molecular weight excluding hydrogens is 156 g/mol. The largest absolute Gasteiger partial charge is 0.404 e. The molecular formula is C5H10O4S. The molecule has 0 N–H and O–H groups in total. The second kappa shape index (κ2) is 2.86. The topological polar surface area (TPSA) is 52.6 Å². The Bertz CT molecular complexity index is 184. The summed E-state index contributed by atoms with van der Waals surface area (Å²) < 4.78 is 29.2. The third-order valence-corrected chi connectivity index (χ3v) is 2.14. The van der Waals surface area contributed by atoms with Crippen LogP contribution in [0.3, 0.4) is 0 Å². The molecule has 0 radical (unpaired) electrons. The van der Waals surface area contributed by atoms with Crippen molar-refractivity contribution in [3.8, 4) is 0 Å². The van der Waals surface area contributed by atoms with E-state index in [0.717, 1.165) is 12.8 Å². The molecule has 1 rings (SSSR count). The third kappa shape index (κ3) is 1.93. The molecule has 0 aromatic carbocycles. The van der Waals surface area contributed by atoms with E-state index >= 15 is 0 Å². The lowest BCUT2D eigenvalue weighted by Crippen LogP contribution is -2.35. The summed E-state index contributed by atoms with van der Waals surface area (Å²) in [6, 6.07) is 0. The Morgan fingerprint density at radius 2 is 2.00 bits per heavy atom. The zero-order chi connectivity index (χ0) is 7.61. The maximum absolute atomic E-state index is 10.2. The second-order valence-electron chi connectivity index (χ2n) is 2.17. The highest BCUT2D eigenvalue weighted by atomic mass is 32.3. The predicted octanol–water partition coefficient (Wildman–Crippen LogP) is 0.794. The molecule has 0 unspecified atom stereocenters. The standard InChI is InChI=1S/C5H10O4S/c1-2-3-4-5-8-10(6,7)9-5/h5H,2-4H2,1H3. The van der Waals surface area contributed by atoms with Crippen molar-refractivity contribution in [3.05, 3.63) is 0 Å². The predicted molar refractivity (Wildman–Crippen MR) is 34.4 cm³/mol. The fraction of sp³-hybridized carbons (Fsp3) is 1.00. The molecule has 0 aliphatic carbocycles. The minimum atomic E-state index is -3.56. The van der Waals surface area contributed by atoms with E-state index in [1.54, 1.807) is 0 Å². The Kier molecular flexibility index (Phi) is 2.28. The van der Waals surface area contributed by atoms with Crippen LogP contribution in [-0.2, 0) is 18.8 Å². The first-order valence-electron chi connectivity index (χ1n) is 3.25. The maximum Gasteiger partial charge on any atom is 0.404 e. The van der Waals surface area contributed by atoms with Crippen molar-refractivity contribution in [3.63, 3.8) is 0 Å². The van der Waals surface area contributed by atoms with Crippen molar-refractivity contribution in [1.82, 2.24) is 0 Å². The first-order chi connectivity index (χ1) is 4.64. The monoisotopic (exact) mass is 166 g/mol. The van der Waals surface area contributed by atoms with E-state index in [0.29, 0.717) is 6.42 Å². The van der Waals surface area contributed by atoms with Crippen LogP contribution in [0.1, 0.15) is 26.2 Å². The molecule has 1 saturated heterocycles. The van der Waals surface area contributed by atoms with E-state index in [2.05, 4.69) is 8.37 Å². The van der Waals surface area contributed by atoms with Crippen molar-refractivity contribution in [2.24, 2.45) is 0 Å². The van der Waals surface area contributed by atoms with Gasteiger partial charge in [-0.1, -0.05) is 13.3 Å². The molecule has 1 aliphatic heterocycles. The Morgan fingerprint density at radius 1 is 1.40 bits per heavy atom. The fourth-order valence-electron chi connectivity index (χ4n) is 0.737. The van der Waals surface area contributed by atoms with Gasteiger partial charge in [0.25, 0.3) is 0 Å². The number of hydrogen-bond donors (Lipinski definition) is 0. The van der Waals surface area contributed by atoms with Gasteiger partial charge in [-0.2, -0.15) is 8.42 Å². The summed E-state index contributed by atoms with van der Waals surface area (Å²) in [7, 11) is -3.56. The van der Waals surface area contributed by atoms with E-state index in [4.69, 9.17) is 0 Å².